The number of anilines is 1. The SMILES string of the molecule is O=S(=O)(NCCO)c1ccc(NC(=S)NC2CCCC2)cc1. The molecule has 122 valence electrons. The lowest BCUT2D eigenvalue weighted by Crippen LogP contribution is -2.35. The second-order valence-corrected chi connectivity index (χ2v) is 7.40. The van der Waals surface area contributed by atoms with E-state index >= 15 is 0 Å². The number of hydrogen-bond donors (Lipinski definition) is 4. The molecule has 0 heterocycles. The summed E-state index contributed by atoms with van der Waals surface area (Å²) in [7, 11) is -3.57. The Bertz CT molecular complexity index is 596. The number of hydrogen-bond acceptors (Lipinski definition) is 4. The van der Waals surface area contributed by atoms with E-state index in [0.29, 0.717) is 11.2 Å². The molecule has 1 saturated carbocycles. The van der Waals surface area contributed by atoms with E-state index in [9.17, 15) is 8.42 Å². The largest absolute Gasteiger partial charge is 0.395 e. The quantitative estimate of drug-likeness (QED) is 0.580. The number of sulfonamides is 1. The average Bonchev–Trinajstić information content (AvgIpc) is 2.98. The van der Waals surface area contributed by atoms with Gasteiger partial charge in [-0.2, -0.15) is 0 Å². The lowest BCUT2D eigenvalue weighted by Gasteiger charge is -2.16. The van der Waals surface area contributed by atoms with Crippen LogP contribution < -0.4 is 15.4 Å². The van der Waals surface area contributed by atoms with Crippen LogP contribution in [0.3, 0.4) is 0 Å². The standard InChI is InChI=1S/C14H21N3O3S2/c18-10-9-15-22(19,20)13-7-5-12(6-8-13)17-14(21)16-11-3-1-2-4-11/h5-8,11,15,18H,1-4,9-10H2,(H2,16,17,21). The molecule has 22 heavy (non-hydrogen) atoms. The first-order valence-corrected chi connectivity index (χ1v) is 9.18. The Kier molecular flexibility index (Phi) is 6.13. The van der Waals surface area contributed by atoms with Gasteiger partial charge in [-0.05, 0) is 49.3 Å². The van der Waals surface area contributed by atoms with Crippen molar-refractivity contribution >= 4 is 33.0 Å². The number of nitrogens with one attached hydrogen (secondary N) is 3. The Morgan fingerprint density at radius 1 is 1.23 bits per heavy atom. The van der Waals surface area contributed by atoms with Crippen LogP contribution in [-0.4, -0.2) is 37.8 Å². The van der Waals surface area contributed by atoms with Crippen LogP contribution in [0.25, 0.3) is 0 Å². The maximum atomic E-state index is 11.9. The van der Waals surface area contributed by atoms with E-state index in [-0.39, 0.29) is 18.0 Å². The Morgan fingerprint density at radius 3 is 2.45 bits per heavy atom. The molecule has 0 radical (unpaired) electrons. The third-order valence-electron chi connectivity index (χ3n) is 3.52. The van der Waals surface area contributed by atoms with Gasteiger partial charge < -0.3 is 15.7 Å². The van der Waals surface area contributed by atoms with Crippen molar-refractivity contribution in [3.05, 3.63) is 24.3 Å². The fourth-order valence-electron chi connectivity index (χ4n) is 2.40. The molecule has 0 unspecified atom stereocenters. The van der Waals surface area contributed by atoms with E-state index in [1.165, 1.54) is 25.0 Å². The van der Waals surface area contributed by atoms with Crippen LogP contribution >= 0.6 is 12.2 Å². The fraction of sp³-hybridized carbons (Fsp3) is 0.500. The van der Waals surface area contributed by atoms with Crippen LogP contribution in [0.15, 0.2) is 29.2 Å². The van der Waals surface area contributed by atoms with Crippen molar-refractivity contribution in [2.75, 3.05) is 18.5 Å². The van der Waals surface area contributed by atoms with Crippen molar-refractivity contribution in [2.45, 2.75) is 36.6 Å². The molecule has 4 N–H and O–H groups in total. The zero-order chi connectivity index (χ0) is 16.0. The summed E-state index contributed by atoms with van der Waals surface area (Å²) in [6, 6.07) is 6.76. The first-order chi connectivity index (χ1) is 10.5. The van der Waals surface area contributed by atoms with Gasteiger partial charge in [0.25, 0.3) is 0 Å². The lowest BCUT2D eigenvalue weighted by molar-refractivity contribution is 0.301. The highest BCUT2D eigenvalue weighted by Crippen LogP contribution is 2.18. The molecule has 0 saturated heterocycles. The number of rotatable bonds is 6. The normalized spacial score (nSPS) is 15.7. The van der Waals surface area contributed by atoms with Crippen molar-refractivity contribution in [3.63, 3.8) is 0 Å². The van der Waals surface area contributed by atoms with E-state index in [4.69, 9.17) is 17.3 Å². The minimum Gasteiger partial charge on any atom is -0.395 e. The lowest BCUT2D eigenvalue weighted by atomic mass is 10.2. The second-order valence-electron chi connectivity index (χ2n) is 5.23. The number of aliphatic hydroxyl groups excluding tert-OH is 1. The van der Waals surface area contributed by atoms with Gasteiger partial charge in [0.1, 0.15) is 0 Å². The molecule has 2 rings (SSSR count). The van der Waals surface area contributed by atoms with Crippen LogP contribution in [0, 0.1) is 0 Å². The van der Waals surface area contributed by atoms with Crippen LogP contribution in [-0.2, 0) is 10.0 Å². The minimum absolute atomic E-state index is 0.00225. The second kappa shape index (κ2) is 7.87. The number of aliphatic hydroxyl groups is 1. The Morgan fingerprint density at radius 2 is 1.86 bits per heavy atom. The van der Waals surface area contributed by atoms with Crippen molar-refractivity contribution in [1.29, 1.82) is 0 Å². The first-order valence-electron chi connectivity index (χ1n) is 7.29. The zero-order valence-electron chi connectivity index (χ0n) is 12.2. The molecular formula is C14H21N3O3S2. The van der Waals surface area contributed by atoms with Gasteiger partial charge in [-0.25, -0.2) is 13.1 Å². The fourth-order valence-corrected chi connectivity index (χ4v) is 3.71. The summed E-state index contributed by atoms with van der Waals surface area (Å²) in [5.41, 5.74) is 0.733. The molecule has 6 nitrogen and oxygen atoms in total. The van der Waals surface area contributed by atoms with Crippen LogP contribution in [0.5, 0.6) is 0 Å². The monoisotopic (exact) mass is 343 g/mol. The zero-order valence-corrected chi connectivity index (χ0v) is 13.8. The molecule has 1 fully saturated rings. The van der Waals surface area contributed by atoms with Crippen molar-refractivity contribution in [1.82, 2.24) is 10.0 Å². The van der Waals surface area contributed by atoms with Gasteiger partial charge in [-0.3, -0.25) is 0 Å². The highest BCUT2D eigenvalue weighted by molar-refractivity contribution is 7.89. The highest BCUT2D eigenvalue weighted by Gasteiger charge is 2.16. The highest BCUT2D eigenvalue weighted by atomic mass is 32.2. The van der Waals surface area contributed by atoms with E-state index < -0.39 is 10.0 Å². The molecule has 0 amide bonds. The van der Waals surface area contributed by atoms with E-state index in [1.807, 2.05) is 0 Å². The Balaban J connectivity index is 1.92. The predicted octanol–water partition coefficient (Wildman–Crippen LogP) is 1.19. The van der Waals surface area contributed by atoms with Gasteiger partial charge in [0, 0.05) is 18.3 Å². The topological polar surface area (TPSA) is 90.5 Å². The van der Waals surface area contributed by atoms with Crippen LogP contribution in [0.4, 0.5) is 5.69 Å². The van der Waals surface area contributed by atoms with Gasteiger partial charge in [0.15, 0.2) is 5.11 Å². The summed E-state index contributed by atoms with van der Waals surface area (Å²) >= 11 is 5.26. The predicted molar refractivity (Wildman–Crippen MR) is 90.3 cm³/mol. The smallest absolute Gasteiger partial charge is 0.240 e. The van der Waals surface area contributed by atoms with E-state index in [0.717, 1.165) is 18.5 Å². The summed E-state index contributed by atoms with van der Waals surface area (Å²) in [6.45, 7) is -0.238. The van der Waals surface area contributed by atoms with Gasteiger partial charge in [-0.15, -0.1) is 0 Å². The van der Waals surface area contributed by atoms with Gasteiger partial charge in [0.05, 0.1) is 11.5 Å². The molecule has 8 heteroatoms. The van der Waals surface area contributed by atoms with E-state index in [1.54, 1.807) is 12.1 Å². The molecule has 1 aliphatic rings. The first kappa shape index (κ1) is 17.1. The van der Waals surface area contributed by atoms with Gasteiger partial charge in [0.2, 0.25) is 10.0 Å². The van der Waals surface area contributed by atoms with Crippen LogP contribution in [0.2, 0.25) is 0 Å². The summed E-state index contributed by atoms with van der Waals surface area (Å²) in [6.07, 6.45) is 4.73. The summed E-state index contributed by atoms with van der Waals surface area (Å²) in [4.78, 5) is 0.154. The number of thiocarbonyl (C=S) groups is 1. The molecule has 0 spiro atoms. The molecule has 0 bridgehead atoms. The van der Waals surface area contributed by atoms with Crippen molar-refractivity contribution in [2.24, 2.45) is 0 Å². The molecule has 0 aliphatic heterocycles. The molecular weight excluding hydrogens is 322 g/mol. The van der Waals surface area contributed by atoms with Crippen molar-refractivity contribution < 1.29 is 13.5 Å². The maximum Gasteiger partial charge on any atom is 0.240 e. The molecule has 0 aromatic heterocycles. The third kappa shape index (κ3) is 4.91. The minimum atomic E-state index is -3.57. The van der Waals surface area contributed by atoms with E-state index in [2.05, 4.69) is 15.4 Å². The van der Waals surface area contributed by atoms with Crippen LogP contribution in [0.1, 0.15) is 25.7 Å². The summed E-state index contributed by atoms with van der Waals surface area (Å²) in [5.74, 6) is 0. The number of benzene rings is 1. The molecule has 1 aliphatic carbocycles. The van der Waals surface area contributed by atoms with Crippen molar-refractivity contribution in [3.8, 4) is 0 Å². The third-order valence-corrected chi connectivity index (χ3v) is 5.21. The van der Waals surface area contributed by atoms with Gasteiger partial charge in [-0.1, -0.05) is 12.8 Å². The van der Waals surface area contributed by atoms with Gasteiger partial charge >= 0.3 is 0 Å². The summed E-state index contributed by atoms with van der Waals surface area (Å²) in [5, 5.41) is 15.6. The average molecular weight is 343 g/mol. The summed E-state index contributed by atoms with van der Waals surface area (Å²) < 4.78 is 26.0. The maximum absolute atomic E-state index is 11.9. The molecule has 0 atom stereocenters. The molecule has 1 aromatic carbocycles. The molecule has 1 aromatic rings. The Labute approximate surface area is 136 Å². The Hall–Kier alpha value is -1.22.